The molecule has 0 bridgehead atoms. The van der Waals surface area contributed by atoms with Crippen molar-refractivity contribution in [2.24, 2.45) is 0 Å². The van der Waals surface area contributed by atoms with Gasteiger partial charge >= 0.3 is 5.97 Å². The van der Waals surface area contributed by atoms with Crippen LogP contribution in [0.4, 0.5) is 0 Å². The lowest BCUT2D eigenvalue weighted by atomic mass is 10.3. The lowest BCUT2D eigenvalue weighted by Crippen LogP contribution is -2.28. The first-order chi connectivity index (χ1) is 9.63. The van der Waals surface area contributed by atoms with Crippen molar-refractivity contribution in [1.82, 2.24) is 24.5 Å². The first-order valence-electron chi connectivity index (χ1n) is 6.35. The average Bonchev–Trinajstić information content (AvgIpc) is 2.91. The highest BCUT2D eigenvalue weighted by Gasteiger charge is 2.10. The van der Waals surface area contributed by atoms with Crippen molar-refractivity contribution in [3.8, 4) is 0 Å². The van der Waals surface area contributed by atoms with Crippen molar-refractivity contribution in [2.45, 2.75) is 19.9 Å². The summed E-state index contributed by atoms with van der Waals surface area (Å²) in [7, 11) is 1.37. The Balaban J connectivity index is 2.09. The normalized spacial score (nSPS) is 11.2. The van der Waals surface area contributed by atoms with Crippen molar-refractivity contribution in [3.05, 3.63) is 28.4 Å². The number of carbonyl (C=O) groups is 1. The number of esters is 1. The molecule has 2 heterocycles. The van der Waals surface area contributed by atoms with Crippen LogP contribution in [0.3, 0.4) is 0 Å². The number of methoxy groups -OCH3 is 1. The van der Waals surface area contributed by atoms with Crippen LogP contribution in [-0.2, 0) is 16.1 Å². The third kappa shape index (κ3) is 3.21. The van der Waals surface area contributed by atoms with Crippen LogP contribution in [0.25, 0.3) is 5.78 Å². The highest BCUT2D eigenvalue weighted by atomic mass is 16.5. The Labute approximate surface area is 115 Å². The molecule has 8 nitrogen and oxygen atoms in total. The van der Waals surface area contributed by atoms with Crippen LogP contribution < -0.4 is 5.56 Å². The fourth-order valence-electron chi connectivity index (χ4n) is 1.88. The van der Waals surface area contributed by atoms with Gasteiger partial charge in [0.2, 0.25) is 0 Å². The topological polar surface area (TPSA) is 92.6 Å². The van der Waals surface area contributed by atoms with Crippen LogP contribution in [0, 0.1) is 0 Å². The van der Waals surface area contributed by atoms with Gasteiger partial charge in [-0.1, -0.05) is 6.92 Å². The minimum absolute atomic E-state index is 0.202. The molecule has 0 atom stereocenters. The van der Waals surface area contributed by atoms with Gasteiger partial charge in [0.15, 0.2) is 0 Å². The summed E-state index contributed by atoms with van der Waals surface area (Å²) in [5.41, 5.74) is 0.431. The summed E-state index contributed by atoms with van der Waals surface area (Å²) < 4.78 is 5.89. The molecule has 0 aliphatic carbocycles. The van der Waals surface area contributed by atoms with Crippen LogP contribution >= 0.6 is 0 Å². The lowest BCUT2D eigenvalue weighted by molar-refractivity contribution is -0.141. The van der Waals surface area contributed by atoms with Gasteiger partial charge in [-0.15, -0.1) is 0 Å². The number of nitrogens with one attached hydrogen (secondary N) is 1. The maximum absolute atomic E-state index is 11.8. The minimum Gasteiger partial charge on any atom is -0.469 e. The molecule has 0 aliphatic heterocycles. The van der Waals surface area contributed by atoms with Gasteiger partial charge in [-0.05, 0) is 6.54 Å². The van der Waals surface area contributed by atoms with E-state index < -0.39 is 0 Å². The zero-order chi connectivity index (χ0) is 14.5. The Bertz CT molecular complexity index is 648. The van der Waals surface area contributed by atoms with Gasteiger partial charge in [-0.3, -0.25) is 19.6 Å². The van der Waals surface area contributed by atoms with E-state index in [9.17, 15) is 9.59 Å². The first-order valence-corrected chi connectivity index (χ1v) is 6.35. The number of H-pyrrole nitrogens is 1. The fraction of sp³-hybridized carbons (Fsp3) is 0.500. The Hall–Kier alpha value is -2.22. The Morgan fingerprint density at radius 1 is 1.55 bits per heavy atom. The molecule has 2 aromatic rings. The van der Waals surface area contributed by atoms with Gasteiger partial charge in [0, 0.05) is 19.2 Å². The largest absolute Gasteiger partial charge is 0.469 e. The van der Waals surface area contributed by atoms with Crippen molar-refractivity contribution in [1.29, 1.82) is 0 Å². The summed E-state index contributed by atoms with van der Waals surface area (Å²) in [6, 6.07) is 1.46. The van der Waals surface area contributed by atoms with Crippen LogP contribution in [0.15, 0.2) is 17.2 Å². The second-order valence-electron chi connectivity index (χ2n) is 4.30. The predicted molar refractivity (Wildman–Crippen MR) is 71.2 cm³/mol. The first kappa shape index (κ1) is 14.2. The van der Waals surface area contributed by atoms with Gasteiger partial charge in [0.05, 0.1) is 19.2 Å². The number of fused-ring (bicyclic) bond motifs is 1. The van der Waals surface area contributed by atoms with E-state index in [0.29, 0.717) is 31.0 Å². The lowest BCUT2D eigenvalue weighted by Gasteiger charge is -2.18. The van der Waals surface area contributed by atoms with Crippen LogP contribution in [0.2, 0.25) is 0 Å². The average molecular weight is 279 g/mol. The van der Waals surface area contributed by atoms with Crippen molar-refractivity contribution in [2.75, 3.05) is 20.2 Å². The molecule has 0 saturated heterocycles. The van der Waals surface area contributed by atoms with Gasteiger partial charge < -0.3 is 4.74 Å². The molecule has 2 rings (SSSR count). The third-order valence-electron chi connectivity index (χ3n) is 3.01. The molecule has 0 radical (unpaired) electrons. The maximum Gasteiger partial charge on any atom is 0.306 e. The van der Waals surface area contributed by atoms with Gasteiger partial charge in [-0.2, -0.15) is 4.52 Å². The van der Waals surface area contributed by atoms with E-state index in [4.69, 9.17) is 0 Å². The molecule has 0 fully saturated rings. The number of carbonyl (C=O) groups excluding carboxylic acids is 1. The minimum atomic E-state index is -0.251. The smallest absolute Gasteiger partial charge is 0.306 e. The molecule has 0 amide bonds. The zero-order valence-electron chi connectivity index (χ0n) is 11.5. The van der Waals surface area contributed by atoms with Crippen molar-refractivity contribution in [3.63, 3.8) is 0 Å². The van der Waals surface area contributed by atoms with E-state index in [1.807, 2.05) is 11.8 Å². The molecule has 1 N–H and O–H groups in total. The summed E-state index contributed by atoms with van der Waals surface area (Å²) in [5.74, 6) is 0.0933. The second-order valence-corrected chi connectivity index (χ2v) is 4.30. The fourth-order valence-corrected chi connectivity index (χ4v) is 1.88. The summed E-state index contributed by atoms with van der Waals surface area (Å²) in [4.78, 5) is 33.2. The highest BCUT2D eigenvalue weighted by molar-refractivity contribution is 5.69. The third-order valence-corrected chi connectivity index (χ3v) is 3.01. The number of rotatable bonds is 6. The molecular formula is C12H17N5O3. The van der Waals surface area contributed by atoms with Gasteiger partial charge in [0.25, 0.3) is 11.3 Å². The van der Waals surface area contributed by atoms with Crippen molar-refractivity contribution >= 4 is 11.7 Å². The number of hydrogen-bond acceptors (Lipinski definition) is 6. The quantitative estimate of drug-likeness (QED) is 0.736. The number of nitrogens with zero attached hydrogens (tertiary/aromatic N) is 4. The molecule has 2 aromatic heterocycles. The predicted octanol–water partition coefficient (Wildman–Crippen LogP) is -0.197. The summed E-state index contributed by atoms with van der Waals surface area (Å²) in [5, 5.41) is 2.69. The monoisotopic (exact) mass is 279 g/mol. The Morgan fingerprint density at radius 3 is 3.05 bits per heavy atom. The number of aromatic nitrogens is 4. The standard InChI is InChI=1S/C12H17N5O3/c1-3-16(5-4-11(19)20-2)7-9-6-10(18)17-12(15-9)13-8-14-17/h6,8H,3-5,7H2,1-2H3,(H,13,14,15). The van der Waals surface area contributed by atoms with Gasteiger partial charge in [-0.25, -0.2) is 9.97 Å². The second kappa shape index (κ2) is 6.29. The number of ether oxygens (including phenoxy) is 1. The highest BCUT2D eigenvalue weighted by Crippen LogP contribution is 2.02. The van der Waals surface area contributed by atoms with Crippen LogP contribution in [0.1, 0.15) is 19.0 Å². The summed E-state index contributed by atoms with van der Waals surface area (Å²) in [6.45, 7) is 3.78. The Kier molecular flexibility index (Phi) is 4.46. The molecule has 20 heavy (non-hydrogen) atoms. The maximum atomic E-state index is 11.8. The van der Waals surface area contributed by atoms with Crippen molar-refractivity contribution < 1.29 is 9.53 Å². The molecule has 0 aromatic carbocycles. The molecule has 0 unspecified atom stereocenters. The van der Waals surface area contributed by atoms with E-state index in [-0.39, 0.29) is 11.5 Å². The van der Waals surface area contributed by atoms with Gasteiger partial charge in [0.1, 0.15) is 6.33 Å². The SMILES string of the molecule is CCN(CCC(=O)OC)Cc1cc(=O)n2[nH]cnc2n1. The molecule has 0 saturated carbocycles. The van der Waals surface area contributed by atoms with E-state index in [1.165, 1.54) is 24.0 Å². The molecule has 0 aliphatic rings. The molecule has 0 spiro atoms. The molecular weight excluding hydrogens is 262 g/mol. The Morgan fingerprint density at radius 2 is 2.35 bits per heavy atom. The molecule has 8 heteroatoms. The van der Waals surface area contributed by atoms with E-state index in [0.717, 1.165) is 6.54 Å². The molecule has 108 valence electrons. The number of aromatic amines is 1. The van der Waals surface area contributed by atoms with E-state index in [1.54, 1.807) is 0 Å². The van der Waals surface area contributed by atoms with Crippen LogP contribution in [-0.4, -0.2) is 50.7 Å². The summed E-state index contributed by atoms with van der Waals surface area (Å²) in [6.07, 6.45) is 1.73. The zero-order valence-corrected chi connectivity index (χ0v) is 11.5. The van der Waals surface area contributed by atoms with E-state index in [2.05, 4.69) is 19.8 Å². The number of hydrogen-bond donors (Lipinski definition) is 1. The van der Waals surface area contributed by atoms with E-state index >= 15 is 0 Å². The van der Waals surface area contributed by atoms with Crippen LogP contribution in [0.5, 0.6) is 0 Å². The summed E-state index contributed by atoms with van der Waals surface area (Å²) >= 11 is 0.